The Morgan fingerprint density at radius 3 is 0.515 bits per heavy atom. The Hall–Kier alpha value is 0. The van der Waals surface area contributed by atoms with Gasteiger partial charge in [-0.2, -0.15) is 0 Å². The Morgan fingerprint density at radius 2 is 0.333 bits per heavy atom. The molecule has 0 aliphatic heterocycles. The molecule has 0 bridgehead atoms. The molecule has 0 amide bonds. The molecule has 8 atom stereocenters. The van der Waals surface area contributed by atoms with E-state index in [0.717, 1.165) is 59.2 Å². The van der Waals surface area contributed by atoms with E-state index in [9.17, 15) is 0 Å². The van der Waals surface area contributed by atoms with Crippen molar-refractivity contribution in [3.05, 3.63) is 0 Å². The van der Waals surface area contributed by atoms with Crippen LogP contribution in [0.5, 0.6) is 0 Å². The fraction of sp³-hybridized carbons (Fsp3) is 1.00. The van der Waals surface area contributed by atoms with Crippen LogP contribution < -0.4 is 0 Å². The predicted octanol–water partition coefficient (Wildman–Crippen LogP) is 22.9. The molecule has 5 saturated carbocycles. The second kappa shape index (κ2) is 23.7. The van der Waals surface area contributed by atoms with E-state index < -0.39 is 0 Å². The molecule has 5 aliphatic rings. The van der Waals surface area contributed by atoms with E-state index in [1.807, 2.05) is 0 Å². The van der Waals surface area contributed by atoms with Gasteiger partial charge in [-0.25, -0.2) is 0 Å². The summed E-state index contributed by atoms with van der Waals surface area (Å²) in [5, 5.41) is 0. The van der Waals surface area contributed by atoms with Gasteiger partial charge in [-0.05, 0) is 190 Å². The standard InChI is InChI=1S/2C14H28.2C13H26.C12H24/c1-13(2,3)11-8-7-9-12(10-11)14(4,5)6;1-13(2,3)11-9-7-8-10-12(11)14(4,5)6;1-12(2,3)10-7-8-11(9-10)13(4,5)6;1-12(2,3)10-8-7-9-11(10)13(4,5)6;1-11(2,3)9-7-10(8-9)12(4,5)6/h2*11-12H,7-10H2,1-6H3;2*10-11H,7-9H2,1-6H3;9-10H,7-8H2,1-6H3. The Kier molecular flexibility index (Phi) is 23.0. The number of hydrogen-bond donors (Lipinski definition) is 0. The van der Waals surface area contributed by atoms with Crippen LogP contribution in [0.25, 0.3) is 0 Å². The average molecular weight is 926 g/mol. The van der Waals surface area contributed by atoms with Gasteiger partial charge in [-0.1, -0.05) is 233 Å². The average Bonchev–Trinajstić information content (AvgIpc) is 3.78. The molecule has 0 aromatic heterocycles. The molecular formula is C66H132. The zero-order valence-corrected chi connectivity index (χ0v) is 52.1. The molecule has 0 aromatic carbocycles. The molecule has 0 nitrogen and oxygen atoms in total. The topological polar surface area (TPSA) is 0 Å². The summed E-state index contributed by atoms with van der Waals surface area (Å²) in [4.78, 5) is 0. The second-order valence-electron chi connectivity index (χ2n) is 34.9. The quantitative estimate of drug-likeness (QED) is 0.227. The van der Waals surface area contributed by atoms with Crippen molar-refractivity contribution in [2.45, 2.75) is 310 Å². The molecule has 0 radical (unpaired) electrons. The molecule has 5 aliphatic carbocycles. The molecule has 0 spiro atoms. The third kappa shape index (κ3) is 21.8. The van der Waals surface area contributed by atoms with Gasteiger partial charge in [0.1, 0.15) is 0 Å². The lowest BCUT2D eigenvalue weighted by atomic mass is 9.56. The van der Waals surface area contributed by atoms with Crippen molar-refractivity contribution in [1.82, 2.24) is 0 Å². The van der Waals surface area contributed by atoms with Gasteiger partial charge in [0.05, 0.1) is 0 Å². The Balaban J connectivity index is 0.000000413. The summed E-state index contributed by atoms with van der Waals surface area (Å²) in [5.74, 6) is 9.48. The Labute approximate surface area is 421 Å². The largest absolute Gasteiger partial charge is 0.0599 e. The minimum absolute atomic E-state index is 0.498. The van der Waals surface area contributed by atoms with Crippen LogP contribution in [0.2, 0.25) is 0 Å². The van der Waals surface area contributed by atoms with Gasteiger partial charge in [0.15, 0.2) is 0 Å². The summed E-state index contributed by atoms with van der Waals surface area (Å²) >= 11 is 0. The summed E-state index contributed by atoms with van der Waals surface area (Å²) < 4.78 is 0. The van der Waals surface area contributed by atoms with E-state index >= 15 is 0 Å². The van der Waals surface area contributed by atoms with Crippen molar-refractivity contribution in [1.29, 1.82) is 0 Å². The molecule has 66 heavy (non-hydrogen) atoms. The van der Waals surface area contributed by atoms with Crippen LogP contribution in [0, 0.1) is 113 Å². The van der Waals surface area contributed by atoms with Crippen LogP contribution in [0.15, 0.2) is 0 Å². The summed E-state index contributed by atoms with van der Waals surface area (Å²) in [6.07, 6.45) is 23.2. The molecule has 0 aromatic rings. The highest BCUT2D eigenvalue weighted by Gasteiger charge is 2.44. The first-order chi connectivity index (χ1) is 29.1. The minimum Gasteiger partial charge on any atom is -0.0599 e. The fourth-order valence-electron chi connectivity index (χ4n) is 13.6. The Bertz CT molecular complexity index is 1230. The van der Waals surface area contributed by atoms with E-state index in [1.165, 1.54) is 103 Å². The molecule has 0 heterocycles. The SMILES string of the molecule is CC(C)(C)C1CC(C(C)(C)C)C1.CC(C)(C)C1CCC(C(C)(C)C)C1.CC(C)(C)C1CCCC(C(C)(C)C)C1.CC(C)(C)C1CCCC1C(C)(C)C.CC(C)(C)C1CCCCC1C(C)(C)C. The number of hydrogen-bond acceptors (Lipinski definition) is 0. The van der Waals surface area contributed by atoms with Gasteiger partial charge >= 0.3 is 0 Å². The zero-order valence-electron chi connectivity index (χ0n) is 52.1. The van der Waals surface area contributed by atoms with Crippen molar-refractivity contribution in [3.63, 3.8) is 0 Å². The first-order valence-electron chi connectivity index (χ1n) is 29.1. The van der Waals surface area contributed by atoms with Crippen LogP contribution in [-0.2, 0) is 0 Å². The maximum absolute atomic E-state index is 2.42. The monoisotopic (exact) mass is 925 g/mol. The first kappa shape index (κ1) is 64.0. The van der Waals surface area contributed by atoms with Crippen LogP contribution >= 0.6 is 0 Å². The van der Waals surface area contributed by atoms with Gasteiger partial charge < -0.3 is 0 Å². The molecule has 0 saturated heterocycles. The summed E-state index contributed by atoms with van der Waals surface area (Å²) in [6, 6.07) is 0. The fourth-order valence-corrected chi connectivity index (χ4v) is 13.6. The summed E-state index contributed by atoms with van der Waals surface area (Å²) in [5.41, 5.74) is 5.19. The highest BCUT2D eigenvalue weighted by atomic mass is 14.5. The molecular weight excluding hydrogens is 793 g/mol. The van der Waals surface area contributed by atoms with Crippen molar-refractivity contribution < 1.29 is 0 Å². The highest BCUT2D eigenvalue weighted by molar-refractivity contribution is 4.94. The molecule has 5 fully saturated rings. The van der Waals surface area contributed by atoms with Crippen LogP contribution in [0.3, 0.4) is 0 Å². The van der Waals surface area contributed by atoms with Gasteiger partial charge in [0, 0.05) is 0 Å². The van der Waals surface area contributed by atoms with Crippen LogP contribution in [-0.4, -0.2) is 0 Å². The second-order valence-corrected chi connectivity index (χ2v) is 34.9. The maximum atomic E-state index is 2.42. The maximum Gasteiger partial charge on any atom is -0.0332 e. The molecule has 5 rings (SSSR count). The van der Waals surface area contributed by atoms with Gasteiger partial charge in [-0.15, -0.1) is 0 Å². The highest BCUT2D eigenvalue weighted by Crippen LogP contribution is 2.54. The normalized spacial score (nSPS) is 30.8. The predicted molar refractivity (Wildman–Crippen MR) is 303 cm³/mol. The zero-order chi connectivity index (χ0) is 52.1. The van der Waals surface area contributed by atoms with Crippen molar-refractivity contribution in [3.8, 4) is 0 Å². The third-order valence-corrected chi connectivity index (χ3v) is 19.3. The van der Waals surface area contributed by atoms with Gasteiger partial charge in [0.25, 0.3) is 0 Å². The lowest BCUT2D eigenvalue weighted by Crippen LogP contribution is -2.40. The van der Waals surface area contributed by atoms with E-state index in [0.29, 0.717) is 54.1 Å². The van der Waals surface area contributed by atoms with Crippen molar-refractivity contribution in [2.75, 3.05) is 0 Å². The molecule has 8 unspecified atom stereocenters. The Morgan fingerprint density at radius 1 is 0.167 bits per heavy atom. The van der Waals surface area contributed by atoms with E-state index in [2.05, 4.69) is 208 Å². The molecule has 0 N–H and O–H groups in total. The van der Waals surface area contributed by atoms with Gasteiger partial charge in [0.2, 0.25) is 0 Å². The number of rotatable bonds is 0. The van der Waals surface area contributed by atoms with E-state index in [4.69, 9.17) is 0 Å². The smallest absolute Gasteiger partial charge is 0.0332 e. The minimum atomic E-state index is 0.498. The van der Waals surface area contributed by atoms with Crippen LogP contribution in [0.4, 0.5) is 0 Å². The van der Waals surface area contributed by atoms with E-state index in [1.54, 1.807) is 0 Å². The summed E-state index contributed by atoms with van der Waals surface area (Å²) in [6.45, 7) is 71.9. The third-order valence-electron chi connectivity index (χ3n) is 19.3. The first-order valence-corrected chi connectivity index (χ1v) is 29.1. The lowest BCUT2D eigenvalue weighted by molar-refractivity contribution is 0.0110. The van der Waals surface area contributed by atoms with Crippen molar-refractivity contribution >= 4 is 0 Å². The lowest BCUT2D eigenvalue weighted by Gasteiger charge is -2.49. The molecule has 0 heteroatoms. The van der Waals surface area contributed by atoms with E-state index in [-0.39, 0.29) is 0 Å². The molecule has 396 valence electrons. The summed E-state index contributed by atoms with van der Waals surface area (Å²) in [7, 11) is 0. The van der Waals surface area contributed by atoms with Crippen molar-refractivity contribution in [2.24, 2.45) is 113 Å². The van der Waals surface area contributed by atoms with Crippen LogP contribution in [0.1, 0.15) is 310 Å². The van der Waals surface area contributed by atoms with Gasteiger partial charge in [-0.3, -0.25) is 0 Å².